The van der Waals surface area contributed by atoms with Gasteiger partial charge in [-0.2, -0.15) is 0 Å². The smallest absolute Gasteiger partial charge is 0.338 e. The largest absolute Gasteiger partial charge is 0.461 e. The number of esters is 1. The van der Waals surface area contributed by atoms with Crippen molar-refractivity contribution < 1.29 is 14.3 Å². The highest BCUT2D eigenvalue weighted by Gasteiger charge is 2.07. The lowest BCUT2D eigenvalue weighted by Crippen LogP contribution is -2.10. The molecule has 0 bridgehead atoms. The summed E-state index contributed by atoms with van der Waals surface area (Å²) in [4.78, 5) is 13.8. The molecule has 0 aromatic heterocycles. The van der Waals surface area contributed by atoms with Crippen LogP contribution in [0.4, 0.5) is 5.69 Å². The van der Waals surface area contributed by atoms with E-state index in [0.717, 1.165) is 23.8 Å². The quantitative estimate of drug-likeness (QED) is 0.396. The first-order valence-corrected chi connectivity index (χ1v) is 8.82. The molecule has 1 rings (SSSR count). The Hall–Kier alpha value is -0.850. The third-order valence-electron chi connectivity index (χ3n) is 2.47. The van der Waals surface area contributed by atoms with Crippen molar-refractivity contribution in [2.75, 3.05) is 50.8 Å². The third kappa shape index (κ3) is 6.54. The second-order valence-corrected chi connectivity index (χ2v) is 6.92. The van der Waals surface area contributed by atoms with Crippen molar-refractivity contribution in [2.45, 2.75) is 0 Å². The average Bonchev–Trinajstić information content (AvgIpc) is 2.46. The molecule has 0 N–H and O–H groups in total. The van der Waals surface area contributed by atoms with Gasteiger partial charge in [-0.05, 0) is 24.3 Å². The van der Waals surface area contributed by atoms with Crippen molar-refractivity contribution >= 4 is 33.2 Å². The molecule has 0 saturated heterocycles. The topological polar surface area (TPSA) is 38.8 Å². The van der Waals surface area contributed by atoms with Crippen LogP contribution < -0.4 is 4.90 Å². The lowest BCUT2D eigenvalue weighted by Gasteiger charge is -2.12. The molecule has 0 amide bonds. The molecule has 0 aliphatic carbocycles. The minimum absolute atomic E-state index is 0.266. The number of methoxy groups -OCH3 is 1. The third-order valence-corrected chi connectivity index (χ3v) is 4.81. The summed E-state index contributed by atoms with van der Waals surface area (Å²) in [6.45, 7) is 1.18. The van der Waals surface area contributed by atoms with E-state index in [1.54, 1.807) is 40.8 Å². The number of nitrogens with zero attached hydrogens (tertiary/aromatic N) is 1. The van der Waals surface area contributed by atoms with E-state index in [2.05, 4.69) is 0 Å². The average molecular weight is 315 g/mol. The van der Waals surface area contributed by atoms with E-state index in [4.69, 9.17) is 9.47 Å². The Labute approximate surface area is 128 Å². The van der Waals surface area contributed by atoms with Gasteiger partial charge in [0.25, 0.3) is 0 Å². The summed E-state index contributed by atoms with van der Waals surface area (Å²) in [5.41, 5.74) is 1.65. The first-order valence-electron chi connectivity index (χ1n) is 6.33. The maximum Gasteiger partial charge on any atom is 0.338 e. The van der Waals surface area contributed by atoms with Gasteiger partial charge in [-0.1, -0.05) is 21.6 Å². The number of carbonyl (C=O) groups is 1. The number of ether oxygens (including phenoxy) is 2. The fourth-order valence-electron chi connectivity index (χ4n) is 1.38. The summed E-state index contributed by atoms with van der Waals surface area (Å²) in [6.07, 6.45) is 0. The van der Waals surface area contributed by atoms with Crippen molar-refractivity contribution in [3.05, 3.63) is 29.8 Å². The number of rotatable bonds is 9. The Kier molecular flexibility index (Phi) is 8.57. The SMILES string of the molecule is COCCSSCCOC(=O)c1ccc(N(C)C)cc1. The van der Waals surface area contributed by atoms with E-state index in [-0.39, 0.29) is 5.97 Å². The van der Waals surface area contributed by atoms with Crippen molar-refractivity contribution in [2.24, 2.45) is 0 Å². The van der Waals surface area contributed by atoms with Crippen LogP contribution in [0.5, 0.6) is 0 Å². The van der Waals surface area contributed by atoms with Gasteiger partial charge in [0.15, 0.2) is 0 Å². The molecule has 0 heterocycles. The van der Waals surface area contributed by atoms with Crippen LogP contribution in [0.15, 0.2) is 24.3 Å². The second-order valence-electron chi connectivity index (χ2n) is 4.21. The van der Waals surface area contributed by atoms with Gasteiger partial charge in [0, 0.05) is 38.4 Å². The van der Waals surface area contributed by atoms with E-state index in [9.17, 15) is 4.79 Å². The number of hydrogen-bond acceptors (Lipinski definition) is 6. The van der Waals surface area contributed by atoms with Crippen molar-refractivity contribution in [1.29, 1.82) is 0 Å². The fraction of sp³-hybridized carbons (Fsp3) is 0.500. The van der Waals surface area contributed by atoms with E-state index < -0.39 is 0 Å². The molecule has 0 atom stereocenters. The van der Waals surface area contributed by atoms with Gasteiger partial charge in [0.2, 0.25) is 0 Å². The van der Waals surface area contributed by atoms with Crippen LogP contribution in [0.1, 0.15) is 10.4 Å². The summed E-state index contributed by atoms with van der Waals surface area (Å²) in [5.74, 6) is 1.47. The fourth-order valence-corrected chi connectivity index (χ4v) is 3.12. The molecule has 0 saturated carbocycles. The molecule has 0 fully saturated rings. The standard InChI is InChI=1S/C14H21NO3S2/c1-15(2)13-6-4-12(5-7-13)14(16)18-9-11-20-19-10-8-17-3/h4-7H,8-11H2,1-3H3. The van der Waals surface area contributed by atoms with E-state index in [0.29, 0.717) is 12.2 Å². The lowest BCUT2D eigenvalue weighted by molar-refractivity contribution is 0.0530. The zero-order chi connectivity index (χ0) is 14.8. The van der Waals surface area contributed by atoms with Gasteiger partial charge in [-0.25, -0.2) is 4.79 Å². The van der Waals surface area contributed by atoms with Gasteiger partial charge in [-0.15, -0.1) is 0 Å². The van der Waals surface area contributed by atoms with E-state index >= 15 is 0 Å². The van der Waals surface area contributed by atoms with E-state index in [1.165, 1.54) is 0 Å². The Morgan fingerprint density at radius 1 is 1.10 bits per heavy atom. The predicted octanol–water partition coefficient (Wildman–Crippen LogP) is 2.94. The molecule has 0 aliphatic rings. The van der Waals surface area contributed by atoms with Crippen molar-refractivity contribution in [1.82, 2.24) is 0 Å². The molecular weight excluding hydrogens is 294 g/mol. The van der Waals surface area contributed by atoms with Gasteiger partial charge in [-0.3, -0.25) is 0 Å². The summed E-state index contributed by atoms with van der Waals surface area (Å²) in [6, 6.07) is 7.40. The molecule has 6 heteroatoms. The Morgan fingerprint density at radius 3 is 2.25 bits per heavy atom. The summed E-state index contributed by atoms with van der Waals surface area (Å²) in [5, 5.41) is 0. The van der Waals surface area contributed by atoms with Crippen LogP contribution in [0.2, 0.25) is 0 Å². The van der Waals surface area contributed by atoms with Crippen LogP contribution in [0.25, 0.3) is 0 Å². The minimum Gasteiger partial charge on any atom is -0.461 e. The lowest BCUT2D eigenvalue weighted by atomic mass is 10.2. The molecular formula is C14H21NO3S2. The monoisotopic (exact) mass is 315 g/mol. The number of carbonyl (C=O) groups excluding carboxylic acids is 1. The first kappa shape index (κ1) is 17.2. The van der Waals surface area contributed by atoms with Crippen LogP contribution in [-0.4, -0.2) is 51.9 Å². The first-order chi connectivity index (χ1) is 9.65. The zero-order valence-electron chi connectivity index (χ0n) is 12.1. The highest BCUT2D eigenvalue weighted by Crippen LogP contribution is 2.20. The van der Waals surface area contributed by atoms with Crippen molar-refractivity contribution in [3.63, 3.8) is 0 Å². The molecule has 112 valence electrons. The van der Waals surface area contributed by atoms with Crippen LogP contribution in [0.3, 0.4) is 0 Å². The van der Waals surface area contributed by atoms with Gasteiger partial charge in [0.05, 0.1) is 12.2 Å². The predicted molar refractivity (Wildman–Crippen MR) is 87.8 cm³/mol. The van der Waals surface area contributed by atoms with Crippen LogP contribution in [-0.2, 0) is 9.47 Å². The van der Waals surface area contributed by atoms with Gasteiger partial charge in [0.1, 0.15) is 6.61 Å². The maximum atomic E-state index is 11.8. The van der Waals surface area contributed by atoms with Crippen LogP contribution in [0, 0.1) is 0 Å². The molecule has 0 spiro atoms. The Morgan fingerprint density at radius 2 is 1.70 bits per heavy atom. The van der Waals surface area contributed by atoms with Gasteiger partial charge < -0.3 is 14.4 Å². The van der Waals surface area contributed by atoms with Crippen LogP contribution >= 0.6 is 21.6 Å². The molecule has 1 aromatic rings. The summed E-state index contributed by atoms with van der Waals surface area (Å²) in [7, 11) is 9.03. The number of benzene rings is 1. The molecule has 4 nitrogen and oxygen atoms in total. The summed E-state index contributed by atoms with van der Waals surface area (Å²) >= 11 is 0. The highest BCUT2D eigenvalue weighted by atomic mass is 33.1. The molecule has 20 heavy (non-hydrogen) atoms. The number of hydrogen-bond donors (Lipinski definition) is 0. The summed E-state index contributed by atoms with van der Waals surface area (Å²) < 4.78 is 10.2. The molecule has 0 radical (unpaired) electrons. The van der Waals surface area contributed by atoms with Crippen molar-refractivity contribution in [3.8, 4) is 0 Å². The maximum absolute atomic E-state index is 11.8. The second kappa shape index (κ2) is 9.96. The molecule has 0 unspecified atom stereocenters. The highest BCUT2D eigenvalue weighted by molar-refractivity contribution is 8.76. The molecule has 1 aromatic carbocycles. The Bertz CT molecular complexity index is 396. The minimum atomic E-state index is -0.266. The number of anilines is 1. The van der Waals surface area contributed by atoms with E-state index in [1.807, 2.05) is 31.1 Å². The normalized spacial score (nSPS) is 10.3. The van der Waals surface area contributed by atoms with Gasteiger partial charge >= 0.3 is 5.97 Å². The molecule has 0 aliphatic heterocycles. The Balaban J connectivity index is 2.22. The zero-order valence-corrected chi connectivity index (χ0v) is 13.8.